The third-order valence-electron chi connectivity index (χ3n) is 3.05. The fourth-order valence-corrected chi connectivity index (χ4v) is 1.97. The highest BCUT2D eigenvalue weighted by Crippen LogP contribution is 2.07. The number of methoxy groups -OCH3 is 1. The molecular formula is C14H18N4O3. The molecule has 0 aliphatic carbocycles. The van der Waals surface area contributed by atoms with E-state index in [1.165, 1.54) is 28.5 Å². The lowest BCUT2D eigenvalue weighted by Gasteiger charge is -2.09. The predicted molar refractivity (Wildman–Crippen MR) is 78.5 cm³/mol. The summed E-state index contributed by atoms with van der Waals surface area (Å²) < 4.78 is 7.68. The number of rotatable bonds is 6. The minimum absolute atomic E-state index is 0.277. The van der Waals surface area contributed by atoms with E-state index in [0.717, 1.165) is 0 Å². The summed E-state index contributed by atoms with van der Waals surface area (Å²) in [6.45, 7) is 1.03. The van der Waals surface area contributed by atoms with Crippen LogP contribution in [0.3, 0.4) is 0 Å². The van der Waals surface area contributed by atoms with Crippen LogP contribution in [-0.2, 0) is 13.1 Å². The van der Waals surface area contributed by atoms with Gasteiger partial charge < -0.3 is 10.5 Å². The first kappa shape index (κ1) is 15.0. The number of hydrogen-bond acceptors (Lipinski definition) is 5. The van der Waals surface area contributed by atoms with Crippen molar-refractivity contribution < 1.29 is 4.74 Å². The summed E-state index contributed by atoms with van der Waals surface area (Å²) in [6, 6.07) is 6.70. The van der Waals surface area contributed by atoms with Crippen LogP contribution in [0, 0.1) is 0 Å². The molecule has 0 fully saturated rings. The van der Waals surface area contributed by atoms with Crippen molar-refractivity contribution in [2.45, 2.75) is 19.5 Å². The highest BCUT2D eigenvalue weighted by Gasteiger charge is 2.06. The Morgan fingerprint density at radius 1 is 1.29 bits per heavy atom. The van der Waals surface area contributed by atoms with Crippen molar-refractivity contribution in [3.8, 4) is 5.88 Å². The predicted octanol–water partition coefficient (Wildman–Crippen LogP) is -0.189. The maximum Gasteiger partial charge on any atom is 0.331 e. The second-order valence-electron chi connectivity index (χ2n) is 4.53. The Bertz CT molecular complexity index is 721. The summed E-state index contributed by atoms with van der Waals surface area (Å²) >= 11 is 0. The molecule has 0 aliphatic heterocycles. The molecule has 2 aromatic heterocycles. The van der Waals surface area contributed by atoms with Gasteiger partial charge in [0.05, 0.1) is 19.3 Å². The van der Waals surface area contributed by atoms with E-state index in [0.29, 0.717) is 31.1 Å². The molecule has 0 saturated carbocycles. The van der Waals surface area contributed by atoms with Gasteiger partial charge in [-0.25, -0.2) is 9.78 Å². The van der Waals surface area contributed by atoms with Crippen LogP contribution in [0.25, 0.3) is 0 Å². The van der Waals surface area contributed by atoms with Gasteiger partial charge in [-0.2, -0.15) is 0 Å². The lowest BCUT2D eigenvalue weighted by atomic mass is 10.3. The van der Waals surface area contributed by atoms with Gasteiger partial charge in [-0.15, -0.1) is 0 Å². The summed E-state index contributed by atoms with van der Waals surface area (Å²) in [5.74, 6) is 0.483. The zero-order chi connectivity index (χ0) is 15.2. The standard InChI is InChI=1S/C14H18N4O3/c1-21-12-5-2-4-11(16-12)10-17-9-6-13(19)18(14(17)20)8-3-7-15/h2,4-6,9H,3,7-8,10,15H2,1H3. The smallest absolute Gasteiger partial charge is 0.331 e. The summed E-state index contributed by atoms with van der Waals surface area (Å²) in [7, 11) is 1.53. The third kappa shape index (κ3) is 3.57. The molecule has 0 bridgehead atoms. The molecule has 2 heterocycles. The molecule has 0 radical (unpaired) electrons. The number of hydrogen-bond donors (Lipinski definition) is 1. The van der Waals surface area contributed by atoms with E-state index in [-0.39, 0.29) is 17.8 Å². The quantitative estimate of drug-likeness (QED) is 0.796. The first-order valence-corrected chi connectivity index (χ1v) is 6.66. The van der Waals surface area contributed by atoms with Crippen LogP contribution in [0.2, 0.25) is 0 Å². The van der Waals surface area contributed by atoms with Crippen molar-refractivity contribution in [3.63, 3.8) is 0 Å². The van der Waals surface area contributed by atoms with Crippen molar-refractivity contribution in [1.82, 2.24) is 14.1 Å². The van der Waals surface area contributed by atoms with Gasteiger partial charge in [-0.05, 0) is 19.0 Å². The Labute approximate surface area is 121 Å². The Hall–Kier alpha value is -2.41. The first-order chi connectivity index (χ1) is 10.2. The molecule has 0 saturated heterocycles. The van der Waals surface area contributed by atoms with Crippen LogP contribution in [-0.4, -0.2) is 27.8 Å². The van der Waals surface area contributed by atoms with Crippen LogP contribution in [0.4, 0.5) is 0 Å². The number of nitrogens with two attached hydrogens (primary N) is 1. The molecule has 0 spiro atoms. The molecule has 21 heavy (non-hydrogen) atoms. The van der Waals surface area contributed by atoms with E-state index in [4.69, 9.17) is 10.5 Å². The van der Waals surface area contributed by atoms with E-state index >= 15 is 0 Å². The van der Waals surface area contributed by atoms with E-state index in [1.54, 1.807) is 18.2 Å². The molecule has 7 nitrogen and oxygen atoms in total. The van der Waals surface area contributed by atoms with Crippen molar-refractivity contribution in [2.75, 3.05) is 13.7 Å². The minimum atomic E-state index is -0.361. The number of nitrogens with zero attached hydrogens (tertiary/aromatic N) is 3. The van der Waals surface area contributed by atoms with Gasteiger partial charge in [-0.1, -0.05) is 6.07 Å². The fourth-order valence-electron chi connectivity index (χ4n) is 1.97. The summed E-state index contributed by atoms with van der Waals surface area (Å²) in [4.78, 5) is 28.3. The molecule has 0 atom stereocenters. The third-order valence-corrected chi connectivity index (χ3v) is 3.05. The van der Waals surface area contributed by atoms with Gasteiger partial charge in [0.25, 0.3) is 5.56 Å². The van der Waals surface area contributed by atoms with Gasteiger partial charge in [0.1, 0.15) is 0 Å². The summed E-state index contributed by atoms with van der Waals surface area (Å²) in [5, 5.41) is 0. The van der Waals surface area contributed by atoms with Crippen LogP contribution in [0.15, 0.2) is 40.1 Å². The van der Waals surface area contributed by atoms with E-state index in [2.05, 4.69) is 4.98 Å². The topological polar surface area (TPSA) is 92.1 Å². The van der Waals surface area contributed by atoms with Gasteiger partial charge >= 0.3 is 5.69 Å². The highest BCUT2D eigenvalue weighted by molar-refractivity contribution is 5.15. The van der Waals surface area contributed by atoms with E-state index in [1.807, 2.05) is 0 Å². The van der Waals surface area contributed by atoms with Crippen molar-refractivity contribution in [2.24, 2.45) is 5.73 Å². The SMILES string of the molecule is COc1cccc(Cn2ccc(=O)n(CCCN)c2=O)n1. The lowest BCUT2D eigenvalue weighted by Crippen LogP contribution is -2.39. The zero-order valence-corrected chi connectivity index (χ0v) is 11.9. The van der Waals surface area contributed by atoms with E-state index < -0.39 is 0 Å². The maximum absolute atomic E-state index is 12.3. The van der Waals surface area contributed by atoms with Crippen molar-refractivity contribution in [1.29, 1.82) is 0 Å². The Morgan fingerprint density at radius 2 is 2.10 bits per heavy atom. The van der Waals surface area contributed by atoms with Crippen LogP contribution >= 0.6 is 0 Å². The lowest BCUT2D eigenvalue weighted by molar-refractivity contribution is 0.395. The Kier molecular flexibility index (Phi) is 4.89. The largest absolute Gasteiger partial charge is 0.481 e. The van der Waals surface area contributed by atoms with Crippen molar-refractivity contribution >= 4 is 0 Å². The Balaban J connectivity index is 2.32. The molecule has 2 rings (SSSR count). The van der Waals surface area contributed by atoms with E-state index in [9.17, 15) is 9.59 Å². The second-order valence-corrected chi connectivity index (χ2v) is 4.53. The average molecular weight is 290 g/mol. The highest BCUT2D eigenvalue weighted by atomic mass is 16.5. The van der Waals surface area contributed by atoms with Gasteiger partial charge in [-0.3, -0.25) is 13.9 Å². The summed E-state index contributed by atoms with van der Waals surface area (Å²) in [5.41, 5.74) is 5.43. The fraction of sp³-hybridized carbons (Fsp3) is 0.357. The number of aromatic nitrogens is 3. The molecular weight excluding hydrogens is 272 g/mol. The minimum Gasteiger partial charge on any atom is -0.481 e. The van der Waals surface area contributed by atoms with Crippen LogP contribution in [0.5, 0.6) is 5.88 Å². The Morgan fingerprint density at radius 3 is 2.81 bits per heavy atom. The molecule has 0 unspecified atom stereocenters. The molecule has 112 valence electrons. The van der Waals surface area contributed by atoms with Crippen LogP contribution in [0.1, 0.15) is 12.1 Å². The molecule has 0 amide bonds. The average Bonchev–Trinajstić information content (AvgIpc) is 2.50. The second kappa shape index (κ2) is 6.85. The van der Waals surface area contributed by atoms with Gasteiger partial charge in [0, 0.05) is 24.9 Å². The maximum atomic E-state index is 12.3. The monoisotopic (exact) mass is 290 g/mol. The first-order valence-electron chi connectivity index (χ1n) is 6.66. The molecule has 0 aliphatic rings. The molecule has 7 heteroatoms. The molecule has 2 aromatic rings. The van der Waals surface area contributed by atoms with Crippen molar-refractivity contribution in [3.05, 3.63) is 57.0 Å². The zero-order valence-electron chi connectivity index (χ0n) is 11.9. The van der Waals surface area contributed by atoms with Gasteiger partial charge in [0.2, 0.25) is 5.88 Å². The molecule has 2 N–H and O–H groups in total. The normalized spacial score (nSPS) is 10.6. The van der Waals surface area contributed by atoms with Gasteiger partial charge in [0.15, 0.2) is 0 Å². The molecule has 0 aromatic carbocycles. The van der Waals surface area contributed by atoms with Crippen LogP contribution < -0.4 is 21.7 Å². The number of ether oxygens (including phenoxy) is 1. The number of pyridine rings is 1. The summed E-state index contributed by atoms with van der Waals surface area (Å²) in [6.07, 6.45) is 2.06.